The molecule has 0 amide bonds. The molecule has 0 saturated heterocycles. The van der Waals surface area contributed by atoms with E-state index in [0.29, 0.717) is 30.3 Å². The Morgan fingerprint density at radius 1 is 1.39 bits per heavy atom. The number of hydrogen-bond acceptors (Lipinski definition) is 3. The van der Waals surface area contributed by atoms with Crippen LogP contribution in [0.3, 0.4) is 0 Å². The summed E-state index contributed by atoms with van der Waals surface area (Å²) in [7, 11) is 1.65. The van der Waals surface area contributed by atoms with Gasteiger partial charge in [-0.05, 0) is 63.2 Å². The van der Waals surface area contributed by atoms with Gasteiger partial charge >= 0.3 is 0 Å². The van der Waals surface area contributed by atoms with Crippen LogP contribution >= 0.6 is 0 Å². The molecule has 0 aliphatic heterocycles. The molecule has 132 valence electrons. The Morgan fingerprint density at radius 3 is 2.83 bits per heavy atom. The van der Waals surface area contributed by atoms with Crippen LogP contribution in [0.5, 0.6) is 0 Å². The van der Waals surface area contributed by atoms with Gasteiger partial charge in [-0.1, -0.05) is 26.0 Å². The molecule has 2 saturated carbocycles. The predicted octanol–water partition coefficient (Wildman–Crippen LogP) is 4.75. The van der Waals surface area contributed by atoms with E-state index >= 15 is 0 Å². The molecule has 0 aromatic carbocycles. The van der Waals surface area contributed by atoms with E-state index in [9.17, 15) is 4.79 Å². The minimum Gasteiger partial charge on any atom is -0.359 e. The van der Waals surface area contributed by atoms with Crippen LogP contribution in [0, 0.1) is 23.2 Å². The molecule has 3 heteroatoms. The van der Waals surface area contributed by atoms with Gasteiger partial charge in [0.05, 0.1) is 5.60 Å². The summed E-state index contributed by atoms with van der Waals surface area (Å²) in [6, 6.07) is 0. The first-order valence-electron chi connectivity index (χ1n) is 9.12. The van der Waals surface area contributed by atoms with Crippen molar-refractivity contribution in [3.8, 4) is 0 Å². The van der Waals surface area contributed by atoms with Gasteiger partial charge in [0, 0.05) is 19.4 Å². The monoisotopic (exact) mass is 322 g/mol. The molecule has 23 heavy (non-hydrogen) atoms. The number of fused-ring (bicyclic) bond motifs is 1. The Labute approximate surface area is 141 Å². The zero-order chi connectivity index (χ0) is 17.1. The van der Waals surface area contributed by atoms with Crippen molar-refractivity contribution in [2.24, 2.45) is 23.2 Å². The molecule has 2 fully saturated rings. The van der Waals surface area contributed by atoms with E-state index in [0.717, 1.165) is 25.7 Å². The third-order valence-corrected chi connectivity index (χ3v) is 6.19. The number of methoxy groups -OCH3 is 1. The standard InChI is InChI=1S/C20H34O3/c1-15(8-6-12-19(2,3)23-14-22-5)16-10-11-17-18(21)9-7-13-20(16,17)4/h6,8,15-17H,7,9-14H2,1-5H3/b8-6+/t15-,16?,17?,20?/m1/s1. The SMILES string of the molecule is COCOC(C)(C)C/C=C/[C@@H](C)C1CCC2C(=O)CCCC21C. The van der Waals surface area contributed by atoms with E-state index in [1.54, 1.807) is 7.11 Å². The summed E-state index contributed by atoms with van der Waals surface area (Å²) in [5.74, 6) is 2.00. The maximum atomic E-state index is 12.2. The normalized spacial score (nSPS) is 33.2. The van der Waals surface area contributed by atoms with Gasteiger partial charge in [0.2, 0.25) is 0 Å². The number of ketones is 1. The van der Waals surface area contributed by atoms with Crippen molar-refractivity contribution in [2.45, 2.75) is 71.8 Å². The van der Waals surface area contributed by atoms with Gasteiger partial charge in [0.25, 0.3) is 0 Å². The molecule has 0 aromatic heterocycles. The van der Waals surface area contributed by atoms with Crippen LogP contribution in [0.4, 0.5) is 0 Å². The Morgan fingerprint density at radius 2 is 2.13 bits per heavy atom. The van der Waals surface area contributed by atoms with Crippen molar-refractivity contribution in [1.82, 2.24) is 0 Å². The minimum absolute atomic E-state index is 0.199. The summed E-state index contributed by atoms with van der Waals surface area (Å²) in [6.45, 7) is 9.20. The molecule has 0 heterocycles. The van der Waals surface area contributed by atoms with Gasteiger partial charge in [0.1, 0.15) is 12.6 Å². The molecule has 2 rings (SSSR count). The average molecular weight is 322 g/mol. The van der Waals surface area contributed by atoms with E-state index in [-0.39, 0.29) is 11.0 Å². The van der Waals surface area contributed by atoms with Crippen molar-refractivity contribution in [1.29, 1.82) is 0 Å². The number of allylic oxidation sites excluding steroid dienone is 1. The van der Waals surface area contributed by atoms with Crippen LogP contribution in [0.2, 0.25) is 0 Å². The molecule has 4 atom stereocenters. The fourth-order valence-electron chi connectivity index (χ4n) is 4.81. The fraction of sp³-hybridized carbons (Fsp3) is 0.850. The zero-order valence-electron chi connectivity index (χ0n) is 15.6. The van der Waals surface area contributed by atoms with Crippen LogP contribution in [-0.4, -0.2) is 25.3 Å². The molecule has 2 aliphatic carbocycles. The first kappa shape index (κ1) is 18.7. The molecule has 0 aromatic rings. The van der Waals surface area contributed by atoms with E-state index in [2.05, 4.69) is 39.8 Å². The topological polar surface area (TPSA) is 35.5 Å². The lowest BCUT2D eigenvalue weighted by Gasteiger charge is -2.41. The average Bonchev–Trinajstić information content (AvgIpc) is 2.83. The van der Waals surface area contributed by atoms with Gasteiger partial charge in [0.15, 0.2) is 0 Å². The second kappa shape index (κ2) is 7.48. The Hall–Kier alpha value is -0.670. The minimum atomic E-state index is -0.199. The van der Waals surface area contributed by atoms with Crippen molar-refractivity contribution >= 4 is 5.78 Å². The number of rotatable bonds is 7. The van der Waals surface area contributed by atoms with Gasteiger partial charge in [-0.2, -0.15) is 0 Å². The largest absolute Gasteiger partial charge is 0.359 e. The van der Waals surface area contributed by atoms with Crippen LogP contribution in [0.1, 0.15) is 66.2 Å². The molecule has 0 N–H and O–H groups in total. The van der Waals surface area contributed by atoms with Gasteiger partial charge in [-0.25, -0.2) is 0 Å². The van der Waals surface area contributed by atoms with E-state index < -0.39 is 0 Å². The molecule has 3 nitrogen and oxygen atoms in total. The summed E-state index contributed by atoms with van der Waals surface area (Å²) in [4.78, 5) is 12.2. The summed E-state index contributed by atoms with van der Waals surface area (Å²) in [5.41, 5.74) is 0.0241. The van der Waals surface area contributed by atoms with Gasteiger partial charge < -0.3 is 9.47 Å². The van der Waals surface area contributed by atoms with E-state index in [1.165, 1.54) is 12.8 Å². The molecule has 0 bridgehead atoms. The van der Waals surface area contributed by atoms with Crippen LogP contribution in [0.25, 0.3) is 0 Å². The highest BCUT2D eigenvalue weighted by Gasteiger charge is 2.51. The smallest absolute Gasteiger partial charge is 0.147 e. The first-order valence-corrected chi connectivity index (χ1v) is 9.12. The van der Waals surface area contributed by atoms with Crippen LogP contribution in [-0.2, 0) is 14.3 Å². The Kier molecular flexibility index (Phi) is 6.07. The molecule has 2 aliphatic rings. The second-order valence-corrected chi connectivity index (χ2v) is 8.36. The van der Waals surface area contributed by atoms with E-state index in [4.69, 9.17) is 9.47 Å². The summed E-state index contributed by atoms with van der Waals surface area (Å²) >= 11 is 0. The first-order chi connectivity index (χ1) is 10.8. The molecule has 0 spiro atoms. The lowest BCUT2D eigenvalue weighted by Crippen LogP contribution is -2.39. The Balaban J connectivity index is 1.94. The summed E-state index contributed by atoms with van der Waals surface area (Å²) in [6.07, 6.45) is 10.9. The summed E-state index contributed by atoms with van der Waals surface area (Å²) in [5, 5.41) is 0. The van der Waals surface area contributed by atoms with Gasteiger partial charge in [-0.3, -0.25) is 4.79 Å². The second-order valence-electron chi connectivity index (χ2n) is 8.36. The molecule has 0 radical (unpaired) electrons. The molecular weight excluding hydrogens is 288 g/mol. The predicted molar refractivity (Wildman–Crippen MR) is 93.1 cm³/mol. The Bertz CT molecular complexity index is 440. The fourth-order valence-corrected chi connectivity index (χ4v) is 4.81. The molecule has 3 unspecified atom stereocenters. The highest BCUT2D eigenvalue weighted by Crippen LogP contribution is 2.56. The van der Waals surface area contributed by atoms with Crippen molar-refractivity contribution < 1.29 is 14.3 Å². The zero-order valence-corrected chi connectivity index (χ0v) is 15.6. The van der Waals surface area contributed by atoms with Gasteiger partial charge in [-0.15, -0.1) is 0 Å². The lowest BCUT2D eigenvalue weighted by molar-refractivity contribution is -0.129. The lowest BCUT2D eigenvalue weighted by atomic mass is 9.62. The maximum absolute atomic E-state index is 12.2. The van der Waals surface area contributed by atoms with Crippen LogP contribution in [0.15, 0.2) is 12.2 Å². The third-order valence-electron chi connectivity index (χ3n) is 6.19. The number of carbonyl (C=O) groups excluding carboxylic acids is 1. The highest BCUT2D eigenvalue weighted by atomic mass is 16.7. The number of Topliss-reactive ketones (excluding diaryl/α,β-unsaturated/α-hetero) is 1. The third kappa shape index (κ3) is 4.24. The van der Waals surface area contributed by atoms with Crippen molar-refractivity contribution in [2.75, 3.05) is 13.9 Å². The summed E-state index contributed by atoms with van der Waals surface area (Å²) < 4.78 is 10.7. The maximum Gasteiger partial charge on any atom is 0.147 e. The number of hydrogen-bond donors (Lipinski definition) is 0. The number of ether oxygens (including phenoxy) is 2. The number of carbonyl (C=O) groups is 1. The van der Waals surface area contributed by atoms with E-state index in [1.807, 2.05) is 0 Å². The highest BCUT2D eigenvalue weighted by molar-refractivity contribution is 5.83. The molecular formula is C20H34O3. The van der Waals surface area contributed by atoms with Crippen molar-refractivity contribution in [3.63, 3.8) is 0 Å². The van der Waals surface area contributed by atoms with Crippen LogP contribution < -0.4 is 0 Å². The quantitative estimate of drug-likeness (QED) is 0.501. The van der Waals surface area contributed by atoms with Crippen molar-refractivity contribution in [3.05, 3.63) is 12.2 Å².